The number of carbonyl (C=O) groups is 2. The van der Waals surface area contributed by atoms with Crippen molar-refractivity contribution in [3.63, 3.8) is 0 Å². The van der Waals surface area contributed by atoms with Crippen LogP contribution in [0.5, 0.6) is 0 Å². The molecular weight excluding hydrogens is 474 g/mol. The van der Waals surface area contributed by atoms with Gasteiger partial charge >= 0.3 is 5.97 Å². The Bertz CT molecular complexity index is 1320. The first-order chi connectivity index (χ1) is 16.3. The zero-order chi connectivity index (χ0) is 24.3. The van der Waals surface area contributed by atoms with Crippen molar-refractivity contribution in [1.29, 1.82) is 0 Å². The van der Waals surface area contributed by atoms with Gasteiger partial charge in [-0.25, -0.2) is 13.2 Å². The number of ether oxygens (including phenoxy) is 1. The van der Waals surface area contributed by atoms with Crippen LogP contribution in [0.15, 0.2) is 59.5 Å². The van der Waals surface area contributed by atoms with Gasteiger partial charge in [-0.05, 0) is 42.8 Å². The number of thiophene rings is 1. The number of esters is 1. The first-order valence-electron chi connectivity index (χ1n) is 10.8. The molecule has 1 amide bonds. The number of nitrogens with one attached hydrogen (secondary N) is 2. The van der Waals surface area contributed by atoms with E-state index in [2.05, 4.69) is 21.9 Å². The van der Waals surface area contributed by atoms with E-state index in [1.807, 2.05) is 0 Å². The Kier molecular flexibility index (Phi) is 7.01. The second-order valence-electron chi connectivity index (χ2n) is 7.74. The standard InChI is InChI=1S/C24H25N3O5S2/c1-3-27-14-13-18-20(15-27)33-23(21(18)24(29)32-2)25-22(28)17-11-7-8-12-19(17)26-34(30,31)16-9-5-4-6-10-16/h4-12,26H,3,13-15H2,1-2H3,(H,25,28). The smallest absolute Gasteiger partial charge is 0.341 e. The average Bonchev–Trinajstić information content (AvgIpc) is 3.20. The molecule has 178 valence electrons. The number of para-hydroxylation sites is 1. The minimum Gasteiger partial charge on any atom is -0.465 e. The second kappa shape index (κ2) is 9.96. The van der Waals surface area contributed by atoms with Crippen LogP contribution >= 0.6 is 11.3 Å². The molecule has 0 aliphatic carbocycles. The maximum Gasteiger partial charge on any atom is 0.341 e. The third kappa shape index (κ3) is 4.84. The van der Waals surface area contributed by atoms with E-state index in [1.54, 1.807) is 30.3 Å². The van der Waals surface area contributed by atoms with E-state index < -0.39 is 21.9 Å². The lowest BCUT2D eigenvalue weighted by Gasteiger charge is -2.25. The van der Waals surface area contributed by atoms with Gasteiger partial charge in [0.2, 0.25) is 0 Å². The van der Waals surface area contributed by atoms with Crippen molar-refractivity contribution in [2.45, 2.75) is 24.8 Å². The summed E-state index contributed by atoms with van der Waals surface area (Å²) in [6, 6.07) is 14.3. The lowest BCUT2D eigenvalue weighted by molar-refractivity contribution is 0.0600. The Morgan fingerprint density at radius 3 is 2.50 bits per heavy atom. The first kappa shape index (κ1) is 23.9. The van der Waals surface area contributed by atoms with Crippen molar-refractivity contribution >= 4 is 43.9 Å². The maximum atomic E-state index is 13.3. The van der Waals surface area contributed by atoms with E-state index in [0.717, 1.165) is 23.5 Å². The zero-order valence-corrected chi connectivity index (χ0v) is 20.5. The van der Waals surface area contributed by atoms with Gasteiger partial charge < -0.3 is 10.1 Å². The lowest BCUT2D eigenvalue weighted by atomic mass is 10.0. The molecule has 34 heavy (non-hydrogen) atoms. The third-order valence-electron chi connectivity index (χ3n) is 5.67. The number of hydrogen-bond donors (Lipinski definition) is 2. The van der Waals surface area contributed by atoms with E-state index in [0.29, 0.717) is 23.5 Å². The number of fused-ring (bicyclic) bond motifs is 1. The van der Waals surface area contributed by atoms with Crippen molar-refractivity contribution in [1.82, 2.24) is 4.90 Å². The number of sulfonamides is 1. The van der Waals surface area contributed by atoms with Gasteiger partial charge in [0.15, 0.2) is 0 Å². The van der Waals surface area contributed by atoms with Crippen molar-refractivity contribution in [3.8, 4) is 0 Å². The van der Waals surface area contributed by atoms with Gasteiger partial charge in [0.05, 0.1) is 28.8 Å². The molecular formula is C24H25N3O5S2. The summed E-state index contributed by atoms with van der Waals surface area (Å²) in [6.45, 7) is 4.49. The molecule has 1 aromatic heterocycles. The van der Waals surface area contributed by atoms with Crippen LogP contribution in [-0.4, -0.2) is 45.4 Å². The van der Waals surface area contributed by atoms with Crippen LogP contribution in [0.1, 0.15) is 38.1 Å². The molecule has 0 saturated heterocycles. The SMILES string of the molecule is CCN1CCc2c(sc(NC(=O)c3ccccc3NS(=O)(=O)c3ccccc3)c2C(=O)OC)C1. The highest BCUT2D eigenvalue weighted by Crippen LogP contribution is 2.38. The van der Waals surface area contributed by atoms with Crippen LogP contribution in [0.4, 0.5) is 10.7 Å². The number of amides is 1. The number of rotatable bonds is 7. The Hall–Kier alpha value is -3.21. The molecule has 0 atom stereocenters. The van der Waals surface area contributed by atoms with Crippen LogP contribution < -0.4 is 10.0 Å². The van der Waals surface area contributed by atoms with Gasteiger partial charge in [0.25, 0.3) is 15.9 Å². The van der Waals surface area contributed by atoms with Crippen LogP contribution in [-0.2, 0) is 27.7 Å². The summed E-state index contributed by atoms with van der Waals surface area (Å²) >= 11 is 1.35. The summed E-state index contributed by atoms with van der Waals surface area (Å²) in [7, 11) is -2.57. The van der Waals surface area contributed by atoms with Crippen LogP contribution in [0.2, 0.25) is 0 Å². The summed E-state index contributed by atoms with van der Waals surface area (Å²) in [5, 5.41) is 3.23. The Balaban J connectivity index is 1.65. The summed E-state index contributed by atoms with van der Waals surface area (Å²) in [5.41, 5.74) is 1.55. The van der Waals surface area contributed by atoms with Gasteiger partial charge in [0.1, 0.15) is 5.00 Å². The van der Waals surface area contributed by atoms with E-state index in [-0.39, 0.29) is 16.1 Å². The molecule has 1 aliphatic heterocycles. The third-order valence-corrected chi connectivity index (χ3v) is 8.18. The number of anilines is 2. The van der Waals surface area contributed by atoms with Gasteiger partial charge in [-0.15, -0.1) is 11.3 Å². The molecule has 3 aromatic rings. The summed E-state index contributed by atoms with van der Waals surface area (Å²) < 4.78 is 33.1. The van der Waals surface area contributed by atoms with E-state index in [9.17, 15) is 18.0 Å². The molecule has 0 unspecified atom stereocenters. The van der Waals surface area contributed by atoms with Gasteiger partial charge in [-0.1, -0.05) is 37.3 Å². The molecule has 0 bridgehead atoms. The highest BCUT2D eigenvalue weighted by Gasteiger charge is 2.29. The van der Waals surface area contributed by atoms with Crippen LogP contribution in [0.3, 0.4) is 0 Å². The fourth-order valence-electron chi connectivity index (χ4n) is 3.88. The van der Waals surface area contributed by atoms with E-state index in [1.165, 1.54) is 42.7 Å². The highest BCUT2D eigenvalue weighted by atomic mass is 32.2. The van der Waals surface area contributed by atoms with Crippen molar-refractivity contribution in [3.05, 3.63) is 76.2 Å². The number of carbonyl (C=O) groups excluding carboxylic acids is 2. The summed E-state index contributed by atoms with van der Waals surface area (Å²) in [5.74, 6) is -1.03. The first-order valence-corrected chi connectivity index (χ1v) is 13.1. The molecule has 4 rings (SSSR count). The molecule has 8 nitrogen and oxygen atoms in total. The Morgan fingerprint density at radius 1 is 1.09 bits per heavy atom. The summed E-state index contributed by atoms with van der Waals surface area (Å²) in [4.78, 5) is 29.2. The number of hydrogen-bond acceptors (Lipinski definition) is 7. The lowest BCUT2D eigenvalue weighted by Crippen LogP contribution is -2.30. The van der Waals surface area contributed by atoms with Crippen molar-refractivity contribution in [2.75, 3.05) is 30.2 Å². The van der Waals surface area contributed by atoms with Crippen molar-refractivity contribution < 1.29 is 22.7 Å². The molecule has 2 N–H and O–H groups in total. The van der Waals surface area contributed by atoms with Gasteiger partial charge in [-0.3, -0.25) is 14.4 Å². The minimum atomic E-state index is -3.89. The predicted molar refractivity (Wildman–Crippen MR) is 132 cm³/mol. The molecule has 0 radical (unpaired) electrons. The fourth-order valence-corrected chi connectivity index (χ4v) is 6.25. The monoisotopic (exact) mass is 499 g/mol. The van der Waals surface area contributed by atoms with Gasteiger partial charge in [0, 0.05) is 18.0 Å². The minimum absolute atomic E-state index is 0.0876. The number of methoxy groups -OCH3 is 1. The zero-order valence-electron chi connectivity index (χ0n) is 18.8. The topological polar surface area (TPSA) is 105 Å². The molecule has 0 fully saturated rings. The van der Waals surface area contributed by atoms with Gasteiger partial charge in [-0.2, -0.15) is 0 Å². The van der Waals surface area contributed by atoms with Crippen LogP contribution in [0.25, 0.3) is 0 Å². The van der Waals surface area contributed by atoms with E-state index >= 15 is 0 Å². The molecule has 10 heteroatoms. The number of likely N-dealkylation sites (N-methyl/N-ethyl adjacent to an activating group) is 1. The maximum absolute atomic E-state index is 13.3. The second-order valence-corrected chi connectivity index (χ2v) is 10.5. The Labute approximate surface area is 202 Å². The largest absolute Gasteiger partial charge is 0.465 e. The summed E-state index contributed by atoms with van der Waals surface area (Å²) in [6.07, 6.45) is 0.688. The average molecular weight is 500 g/mol. The number of nitrogens with zero attached hydrogens (tertiary/aromatic N) is 1. The Morgan fingerprint density at radius 2 is 1.79 bits per heavy atom. The highest BCUT2D eigenvalue weighted by molar-refractivity contribution is 7.92. The normalized spacial score (nSPS) is 13.7. The molecule has 0 saturated carbocycles. The molecule has 1 aliphatic rings. The number of benzene rings is 2. The van der Waals surface area contributed by atoms with Crippen molar-refractivity contribution in [2.24, 2.45) is 0 Å². The molecule has 2 heterocycles. The molecule has 2 aromatic carbocycles. The molecule has 0 spiro atoms. The van der Waals surface area contributed by atoms with Crippen LogP contribution in [0, 0.1) is 0 Å². The fraction of sp³-hybridized carbons (Fsp3) is 0.250. The quantitative estimate of drug-likeness (QED) is 0.477. The predicted octanol–water partition coefficient (Wildman–Crippen LogP) is 3.97. The van der Waals surface area contributed by atoms with E-state index in [4.69, 9.17) is 4.74 Å².